The Hall–Kier alpha value is -2.53. The molecule has 5 heteroatoms. The molecule has 1 heterocycles. The molecule has 29 heavy (non-hydrogen) atoms. The van der Waals surface area contributed by atoms with Gasteiger partial charge in [-0.2, -0.15) is 0 Å². The predicted octanol–water partition coefficient (Wildman–Crippen LogP) is 3.19. The number of carbonyl (C=O) groups excluding carboxylic acids is 1. The number of methoxy groups -OCH3 is 2. The van der Waals surface area contributed by atoms with Gasteiger partial charge in [-0.3, -0.25) is 4.79 Å². The molecular formula is C24H33N2O3+. The summed E-state index contributed by atoms with van der Waals surface area (Å²) >= 11 is 0. The lowest BCUT2D eigenvalue weighted by Gasteiger charge is -2.23. The van der Waals surface area contributed by atoms with Crippen molar-refractivity contribution in [1.29, 1.82) is 0 Å². The molecule has 2 atom stereocenters. The largest absolute Gasteiger partial charge is 0.497 e. The number of para-hydroxylation sites is 1. The lowest BCUT2D eigenvalue weighted by molar-refractivity contribution is -0.910. The van der Waals surface area contributed by atoms with Gasteiger partial charge in [0.25, 0.3) is 5.91 Å². The van der Waals surface area contributed by atoms with Gasteiger partial charge in [0.2, 0.25) is 0 Å². The van der Waals surface area contributed by atoms with Crippen LogP contribution in [0.4, 0.5) is 5.69 Å². The molecule has 1 unspecified atom stereocenters. The molecule has 1 aliphatic rings. The summed E-state index contributed by atoms with van der Waals surface area (Å²) in [6.07, 6.45) is 3.97. The summed E-state index contributed by atoms with van der Waals surface area (Å²) in [5, 5.41) is 3.22. The minimum absolute atomic E-state index is 0.0787. The van der Waals surface area contributed by atoms with E-state index in [0.717, 1.165) is 55.0 Å². The zero-order chi connectivity index (χ0) is 20.8. The molecule has 2 N–H and O–H groups in total. The smallest absolute Gasteiger partial charge is 0.279 e. The zero-order valence-corrected chi connectivity index (χ0v) is 18.0. The van der Waals surface area contributed by atoms with Crippen LogP contribution >= 0.6 is 0 Å². The third-order valence-electron chi connectivity index (χ3n) is 5.95. The maximum absolute atomic E-state index is 13.0. The van der Waals surface area contributed by atoms with E-state index in [1.807, 2.05) is 12.1 Å². The molecule has 3 rings (SSSR count). The average Bonchev–Trinajstić information content (AvgIpc) is 3.20. The van der Waals surface area contributed by atoms with Crippen LogP contribution in [0.15, 0.2) is 36.4 Å². The summed E-state index contributed by atoms with van der Waals surface area (Å²) in [5.41, 5.74) is 4.54. The Bertz CT molecular complexity index is 828. The fourth-order valence-electron chi connectivity index (χ4n) is 4.40. The molecule has 0 aromatic heterocycles. The molecule has 1 aliphatic heterocycles. The van der Waals surface area contributed by atoms with Gasteiger partial charge in [0, 0.05) is 24.6 Å². The molecule has 2 aromatic carbocycles. The number of quaternary nitrogens is 1. The number of hydrogen-bond donors (Lipinski definition) is 2. The van der Waals surface area contributed by atoms with Gasteiger partial charge in [-0.15, -0.1) is 0 Å². The van der Waals surface area contributed by atoms with E-state index in [4.69, 9.17) is 9.47 Å². The number of likely N-dealkylation sites (tertiary alicyclic amines) is 1. The summed E-state index contributed by atoms with van der Waals surface area (Å²) in [6, 6.07) is 12.5. The quantitative estimate of drug-likeness (QED) is 0.719. The Labute approximate surface area is 174 Å². The standard InChI is InChI=1S/C24H32N2O3/c1-5-17-9-7-10-18(6-2)24(17)25-23(27)16-26-14-8-11-21(26)20-13-12-19(28-3)15-22(20)29-4/h7,9-10,12-13,15,21H,5-6,8,11,14,16H2,1-4H3,(H,25,27)/p+1/t21-/m0/s1. The molecule has 0 saturated carbocycles. The number of hydrogen-bond acceptors (Lipinski definition) is 3. The lowest BCUT2D eigenvalue weighted by Crippen LogP contribution is -3.11. The van der Waals surface area contributed by atoms with Gasteiger partial charge in [-0.1, -0.05) is 32.0 Å². The van der Waals surface area contributed by atoms with Crippen LogP contribution in [-0.2, 0) is 17.6 Å². The topological polar surface area (TPSA) is 52.0 Å². The summed E-state index contributed by atoms with van der Waals surface area (Å²) < 4.78 is 10.9. The second kappa shape index (κ2) is 9.79. The van der Waals surface area contributed by atoms with Crippen LogP contribution in [0.3, 0.4) is 0 Å². The van der Waals surface area contributed by atoms with E-state index in [0.29, 0.717) is 6.54 Å². The van der Waals surface area contributed by atoms with Crippen molar-refractivity contribution in [3.63, 3.8) is 0 Å². The molecule has 0 radical (unpaired) electrons. The van der Waals surface area contributed by atoms with E-state index in [-0.39, 0.29) is 11.9 Å². The van der Waals surface area contributed by atoms with E-state index >= 15 is 0 Å². The highest BCUT2D eigenvalue weighted by Gasteiger charge is 2.34. The highest BCUT2D eigenvalue weighted by Crippen LogP contribution is 2.31. The maximum Gasteiger partial charge on any atom is 0.279 e. The van der Waals surface area contributed by atoms with E-state index in [1.54, 1.807) is 14.2 Å². The minimum Gasteiger partial charge on any atom is -0.497 e. The molecule has 1 saturated heterocycles. The number of anilines is 1. The molecule has 5 nitrogen and oxygen atoms in total. The van der Waals surface area contributed by atoms with Gasteiger partial charge < -0.3 is 19.7 Å². The fraction of sp³-hybridized carbons (Fsp3) is 0.458. The van der Waals surface area contributed by atoms with Crippen molar-refractivity contribution in [2.75, 3.05) is 32.6 Å². The summed E-state index contributed by atoms with van der Waals surface area (Å²) in [6.45, 7) is 5.70. The monoisotopic (exact) mass is 397 g/mol. The normalized spacial score (nSPS) is 18.5. The number of carbonyl (C=O) groups is 1. The van der Waals surface area contributed by atoms with Gasteiger partial charge in [0.15, 0.2) is 6.54 Å². The van der Waals surface area contributed by atoms with Gasteiger partial charge in [-0.05, 0) is 36.1 Å². The lowest BCUT2D eigenvalue weighted by atomic mass is 10.0. The number of ether oxygens (including phenoxy) is 2. The zero-order valence-electron chi connectivity index (χ0n) is 18.0. The first-order valence-corrected chi connectivity index (χ1v) is 10.6. The second-order valence-electron chi connectivity index (χ2n) is 7.59. The third kappa shape index (κ3) is 4.73. The molecule has 2 aromatic rings. The first kappa shape index (κ1) is 21.2. The molecular weight excluding hydrogens is 364 g/mol. The van der Waals surface area contributed by atoms with E-state index in [9.17, 15) is 4.79 Å². The molecule has 156 valence electrons. The third-order valence-corrected chi connectivity index (χ3v) is 5.95. The fourth-order valence-corrected chi connectivity index (χ4v) is 4.40. The summed E-state index contributed by atoms with van der Waals surface area (Å²) in [4.78, 5) is 14.2. The van der Waals surface area contributed by atoms with Crippen LogP contribution in [0.1, 0.15) is 49.4 Å². The minimum atomic E-state index is 0.0787. The maximum atomic E-state index is 13.0. The van der Waals surface area contributed by atoms with Crippen molar-refractivity contribution >= 4 is 11.6 Å². The Morgan fingerprint density at radius 1 is 1.10 bits per heavy atom. The average molecular weight is 398 g/mol. The van der Waals surface area contributed by atoms with Crippen LogP contribution in [-0.4, -0.2) is 33.2 Å². The first-order valence-electron chi connectivity index (χ1n) is 10.6. The van der Waals surface area contributed by atoms with Crippen molar-refractivity contribution in [2.45, 2.75) is 45.6 Å². The number of benzene rings is 2. The predicted molar refractivity (Wildman–Crippen MR) is 116 cm³/mol. The molecule has 0 aliphatic carbocycles. The number of aryl methyl sites for hydroxylation is 2. The van der Waals surface area contributed by atoms with Crippen LogP contribution in [0, 0.1) is 0 Å². The Morgan fingerprint density at radius 2 is 1.83 bits per heavy atom. The van der Waals surface area contributed by atoms with Gasteiger partial charge in [0.05, 0.1) is 26.3 Å². The second-order valence-corrected chi connectivity index (χ2v) is 7.59. The molecule has 1 fully saturated rings. The summed E-state index contributed by atoms with van der Waals surface area (Å²) in [5.74, 6) is 1.69. The van der Waals surface area contributed by atoms with Gasteiger partial charge in [-0.25, -0.2) is 0 Å². The number of nitrogens with one attached hydrogen (secondary N) is 2. The van der Waals surface area contributed by atoms with Crippen LogP contribution in [0.25, 0.3) is 0 Å². The van der Waals surface area contributed by atoms with Gasteiger partial charge >= 0.3 is 0 Å². The molecule has 0 spiro atoms. The first-order chi connectivity index (χ1) is 14.1. The van der Waals surface area contributed by atoms with Crippen molar-refractivity contribution in [3.05, 3.63) is 53.1 Å². The van der Waals surface area contributed by atoms with E-state index in [2.05, 4.69) is 43.4 Å². The van der Waals surface area contributed by atoms with Crippen LogP contribution in [0.5, 0.6) is 11.5 Å². The Balaban J connectivity index is 1.76. The SMILES string of the molecule is CCc1cccc(CC)c1NC(=O)C[NH+]1CCC[C@H]1c1ccc(OC)cc1OC. The summed E-state index contributed by atoms with van der Waals surface area (Å²) in [7, 11) is 3.35. The molecule has 0 bridgehead atoms. The van der Waals surface area contributed by atoms with Crippen molar-refractivity contribution in [2.24, 2.45) is 0 Å². The van der Waals surface area contributed by atoms with E-state index in [1.165, 1.54) is 16.0 Å². The van der Waals surface area contributed by atoms with Crippen LogP contribution in [0.2, 0.25) is 0 Å². The van der Waals surface area contributed by atoms with Gasteiger partial charge in [0.1, 0.15) is 17.5 Å². The van der Waals surface area contributed by atoms with Crippen molar-refractivity contribution in [3.8, 4) is 11.5 Å². The highest BCUT2D eigenvalue weighted by atomic mass is 16.5. The Kier molecular flexibility index (Phi) is 7.15. The van der Waals surface area contributed by atoms with Crippen molar-refractivity contribution in [1.82, 2.24) is 0 Å². The highest BCUT2D eigenvalue weighted by molar-refractivity contribution is 5.93. The number of rotatable bonds is 8. The molecule has 1 amide bonds. The van der Waals surface area contributed by atoms with Crippen LogP contribution < -0.4 is 19.7 Å². The van der Waals surface area contributed by atoms with E-state index < -0.39 is 0 Å². The Morgan fingerprint density at radius 3 is 2.45 bits per heavy atom. The number of amides is 1. The van der Waals surface area contributed by atoms with Crippen molar-refractivity contribution < 1.29 is 19.2 Å².